The Bertz CT molecular complexity index is 3590. The van der Waals surface area contributed by atoms with Crippen molar-refractivity contribution in [3.8, 4) is 22.6 Å². The van der Waals surface area contributed by atoms with E-state index in [1.807, 2.05) is 66.7 Å². The summed E-state index contributed by atoms with van der Waals surface area (Å²) in [5.41, 5.74) is 3.53. The molecule has 0 aliphatic carbocycles. The topological polar surface area (TPSA) is 161 Å². The molecular formula is C62H52F2N6O9. The van der Waals surface area contributed by atoms with Crippen molar-refractivity contribution in [3.05, 3.63) is 221 Å². The number of amides is 3. The second-order valence-electron chi connectivity index (χ2n) is 18.7. The van der Waals surface area contributed by atoms with Gasteiger partial charge >= 0.3 is 11.9 Å². The largest absolute Gasteiger partial charge is 0.491 e. The highest BCUT2D eigenvalue weighted by atomic mass is 19.1. The number of ether oxygens (including phenoxy) is 4. The van der Waals surface area contributed by atoms with Crippen LogP contribution < -0.4 is 29.1 Å². The summed E-state index contributed by atoms with van der Waals surface area (Å²) < 4.78 is 53.2. The summed E-state index contributed by atoms with van der Waals surface area (Å²) in [6.45, 7) is 0.627. The van der Waals surface area contributed by atoms with E-state index >= 15 is 9.18 Å². The van der Waals surface area contributed by atoms with E-state index in [1.54, 1.807) is 65.6 Å². The first-order valence-electron chi connectivity index (χ1n) is 25.3. The summed E-state index contributed by atoms with van der Waals surface area (Å²) in [7, 11) is 5.48. The molecule has 79 heavy (non-hydrogen) atoms. The third-order valence-electron chi connectivity index (χ3n) is 14.0. The third kappa shape index (κ3) is 10.6. The molecule has 398 valence electrons. The first-order valence-corrected chi connectivity index (χ1v) is 25.3. The second kappa shape index (κ2) is 22.8. The van der Waals surface area contributed by atoms with Gasteiger partial charge in [0.05, 0.1) is 73.6 Å². The predicted octanol–water partition coefficient (Wildman–Crippen LogP) is 10.5. The van der Waals surface area contributed by atoms with Gasteiger partial charge in [0.2, 0.25) is 11.8 Å². The molecule has 0 bridgehead atoms. The Morgan fingerprint density at radius 2 is 1.19 bits per heavy atom. The van der Waals surface area contributed by atoms with Crippen LogP contribution in [0.3, 0.4) is 0 Å². The Morgan fingerprint density at radius 1 is 0.582 bits per heavy atom. The lowest BCUT2D eigenvalue weighted by Crippen LogP contribution is -2.35. The van der Waals surface area contributed by atoms with Gasteiger partial charge in [-0.1, -0.05) is 109 Å². The Labute approximate surface area is 454 Å². The molecule has 0 fully saturated rings. The van der Waals surface area contributed by atoms with E-state index in [-0.39, 0.29) is 64.4 Å². The Kier molecular flexibility index (Phi) is 15.2. The minimum absolute atomic E-state index is 0.0210. The number of likely N-dealkylation sites (N-methyl/N-ethyl adjacent to an activating group) is 2. The van der Waals surface area contributed by atoms with Crippen molar-refractivity contribution in [2.45, 2.75) is 18.3 Å². The minimum Gasteiger partial charge on any atom is -0.491 e. The van der Waals surface area contributed by atoms with E-state index in [9.17, 15) is 23.6 Å². The zero-order valence-electron chi connectivity index (χ0n) is 43.5. The van der Waals surface area contributed by atoms with Crippen molar-refractivity contribution in [2.24, 2.45) is 0 Å². The zero-order valence-corrected chi connectivity index (χ0v) is 43.5. The molecule has 6 aromatic carbocycles. The molecule has 1 atom stereocenters. The van der Waals surface area contributed by atoms with Crippen LogP contribution in [0.1, 0.15) is 71.7 Å². The van der Waals surface area contributed by atoms with E-state index in [0.717, 1.165) is 17.2 Å². The maximum absolute atomic E-state index is 16.1. The number of esters is 2. The van der Waals surface area contributed by atoms with Gasteiger partial charge in [0.25, 0.3) is 5.91 Å². The molecule has 4 heterocycles. The molecule has 0 spiro atoms. The number of rotatable bonds is 13. The summed E-state index contributed by atoms with van der Waals surface area (Å²) in [5.74, 6) is -5.24. The quantitative estimate of drug-likeness (QED) is 0.101. The summed E-state index contributed by atoms with van der Waals surface area (Å²) in [4.78, 5) is 86.5. The fourth-order valence-electron chi connectivity index (χ4n) is 10.1. The van der Waals surface area contributed by atoms with Crippen LogP contribution >= 0.6 is 0 Å². The van der Waals surface area contributed by atoms with Crippen LogP contribution in [0.2, 0.25) is 0 Å². The number of halogens is 2. The van der Waals surface area contributed by atoms with Gasteiger partial charge in [0.15, 0.2) is 5.69 Å². The third-order valence-corrected chi connectivity index (χ3v) is 14.0. The van der Waals surface area contributed by atoms with Crippen molar-refractivity contribution in [3.63, 3.8) is 0 Å². The highest BCUT2D eigenvalue weighted by Gasteiger charge is 2.35. The van der Waals surface area contributed by atoms with Crippen molar-refractivity contribution in [1.29, 1.82) is 0 Å². The first-order chi connectivity index (χ1) is 38.3. The van der Waals surface area contributed by atoms with Crippen LogP contribution in [0.5, 0.6) is 11.5 Å². The van der Waals surface area contributed by atoms with Crippen molar-refractivity contribution in [1.82, 2.24) is 9.97 Å². The van der Waals surface area contributed by atoms with Crippen molar-refractivity contribution in [2.75, 3.05) is 74.2 Å². The molecule has 0 N–H and O–H groups in total. The standard InChI is InChI=1S/C62H52F2N6O9/c1-67(48-25-27-52(66-56(48)62(75)77-4)69-28-15-30-78-51-26-24-43(63)35-49(51)69)60(73)55(40-20-12-7-13-21-40)42-23-14-22-41(32-42)45-33-44(64)34-47-57(45)79-31-29-70(58(47)71)53-36-46(61(74)76-3)50(37-65-53)68(2)59(72)54(38-16-8-5-9-17-38)39-18-10-6-11-19-39/h5-14,16-27,32-37,54-55H,15,28-31H2,1-4H3. The summed E-state index contributed by atoms with van der Waals surface area (Å²) in [6.07, 6.45) is 1.90. The molecule has 3 amide bonds. The number of carbonyl (C=O) groups is 5. The van der Waals surface area contributed by atoms with Gasteiger partial charge in [0.1, 0.15) is 41.4 Å². The Hall–Kier alpha value is -9.77. The Balaban J connectivity index is 0.973. The van der Waals surface area contributed by atoms with E-state index in [2.05, 4.69) is 4.98 Å². The molecule has 2 aliphatic heterocycles. The maximum Gasteiger partial charge on any atom is 0.358 e. The molecule has 0 saturated carbocycles. The maximum atomic E-state index is 16.1. The number of hydrogen-bond donors (Lipinski definition) is 0. The lowest BCUT2D eigenvalue weighted by Gasteiger charge is -2.28. The van der Waals surface area contributed by atoms with Gasteiger partial charge in [0, 0.05) is 32.3 Å². The van der Waals surface area contributed by atoms with Crippen LogP contribution in [-0.2, 0) is 19.1 Å². The molecule has 2 aromatic heterocycles. The second-order valence-corrected chi connectivity index (χ2v) is 18.7. The molecule has 2 aliphatic rings. The van der Waals surface area contributed by atoms with Crippen molar-refractivity contribution >= 4 is 58.4 Å². The Morgan fingerprint density at radius 3 is 1.84 bits per heavy atom. The number of pyridine rings is 2. The molecule has 10 rings (SSSR count). The molecular weight excluding hydrogens is 1010 g/mol. The molecule has 0 saturated heterocycles. The van der Waals surface area contributed by atoms with Gasteiger partial charge in [-0.05, 0) is 82.8 Å². The van der Waals surface area contributed by atoms with Crippen LogP contribution in [0.25, 0.3) is 11.1 Å². The molecule has 1 unspecified atom stereocenters. The van der Waals surface area contributed by atoms with Crippen LogP contribution in [-0.4, -0.2) is 94.2 Å². The number of hydrogen-bond acceptors (Lipinski definition) is 12. The number of methoxy groups -OCH3 is 2. The van der Waals surface area contributed by atoms with Gasteiger partial charge in [-0.3, -0.25) is 19.3 Å². The number of anilines is 5. The number of carbonyl (C=O) groups excluding carboxylic acids is 5. The monoisotopic (exact) mass is 1060 g/mol. The average Bonchev–Trinajstić information content (AvgIpc) is 3.84. The highest BCUT2D eigenvalue weighted by Crippen LogP contribution is 2.42. The van der Waals surface area contributed by atoms with E-state index in [1.165, 1.54) is 79.5 Å². The van der Waals surface area contributed by atoms with Crippen LogP contribution in [0.4, 0.5) is 37.5 Å². The van der Waals surface area contributed by atoms with Crippen LogP contribution in [0, 0.1) is 11.6 Å². The number of aromatic nitrogens is 2. The first kappa shape index (κ1) is 52.7. The number of fused-ring (bicyclic) bond motifs is 2. The van der Waals surface area contributed by atoms with Crippen molar-refractivity contribution < 1.29 is 51.7 Å². The predicted molar refractivity (Wildman–Crippen MR) is 294 cm³/mol. The smallest absolute Gasteiger partial charge is 0.358 e. The lowest BCUT2D eigenvalue weighted by atomic mass is 9.87. The minimum atomic E-state index is -1.01. The SMILES string of the molecule is COC(=O)c1cc(N2CCOc3c(cc(F)cc3-c3cccc(C(C(=O)N(C)c4ccc(N5CCCOc6ccc(F)cc65)nc4C(=O)OC)c4ccccc4)c3)C2=O)ncc1N(C)C(=O)C(c1ccccc1)c1ccccc1. The molecule has 0 radical (unpaired) electrons. The van der Waals surface area contributed by atoms with Gasteiger partial charge in [-0.2, -0.15) is 0 Å². The van der Waals surface area contributed by atoms with E-state index in [4.69, 9.17) is 23.9 Å². The summed E-state index contributed by atoms with van der Waals surface area (Å²) >= 11 is 0. The normalized spacial score (nSPS) is 13.4. The molecule has 8 aromatic rings. The summed E-state index contributed by atoms with van der Waals surface area (Å²) in [6, 6.07) is 45.5. The zero-order chi connectivity index (χ0) is 55.3. The van der Waals surface area contributed by atoms with E-state index < -0.39 is 47.2 Å². The fourth-order valence-corrected chi connectivity index (χ4v) is 10.1. The molecule has 15 nitrogen and oxygen atoms in total. The van der Waals surface area contributed by atoms with E-state index in [0.29, 0.717) is 53.5 Å². The fraction of sp³-hybridized carbons (Fsp3) is 0.177. The lowest BCUT2D eigenvalue weighted by molar-refractivity contribution is -0.119. The van der Waals surface area contributed by atoms with Gasteiger partial charge in [-0.25, -0.2) is 28.3 Å². The summed E-state index contributed by atoms with van der Waals surface area (Å²) in [5, 5.41) is 0. The number of nitrogens with zero attached hydrogens (tertiary/aromatic N) is 6. The van der Waals surface area contributed by atoms with Crippen LogP contribution in [0.15, 0.2) is 170 Å². The number of benzene rings is 6. The highest BCUT2D eigenvalue weighted by molar-refractivity contribution is 6.11. The van der Waals surface area contributed by atoms with Gasteiger partial charge < -0.3 is 33.6 Å². The van der Waals surface area contributed by atoms with Gasteiger partial charge in [-0.15, -0.1) is 0 Å². The molecule has 17 heteroatoms. The average molecular weight is 1060 g/mol.